The van der Waals surface area contributed by atoms with Gasteiger partial charge < -0.3 is 0 Å². The standard InChI is InChI=1S/C10H11F3N2O/c1-5-3-4-6(16)8-7(5)9(10(11,12)13)14-15(8)2/h5H,3-4H2,1-2H3. The average molecular weight is 232 g/mol. The monoisotopic (exact) mass is 232 g/mol. The summed E-state index contributed by atoms with van der Waals surface area (Å²) in [6, 6.07) is 0. The maximum absolute atomic E-state index is 12.7. The second-order valence-corrected chi connectivity index (χ2v) is 4.10. The van der Waals surface area contributed by atoms with Crippen molar-refractivity contribution in [2.45, 2.75) is 31.9 Å². The molecule has 0 spiro atoms. The van der Waals surface area contributed by atoms with Crippen molar-refractivity contribution in [2.75, 3.05) is 0 Å². The van der Waals surface area contributed by atoms with Crippen molar-refractivity contribution in [3.63, 3.8) is 0 Å². The van der Waals surface area contributed by atoms with Gasteiger partial charge in [-0.15, -0.1) is 0 Å². The average Bonchev–Trinajstić information content (AvgIpc) is 2.51. The number of carbonyl (C=O) groups is 1. The van der Waals surface area contributed by atoms with Crippen molar-refractivity contribution in [2.24, 2.45) is 7.05 Å². The topological polar surface area (TPSA) is 34.9 Å². The molecule has 0 aliphatic heterocycles. The summed E-state index contributed by atoms with van der Waals surface area (Å²) in [7, 11) is 1.38. The Kier molecular flexibility index (Phi) is 2.32. The first-order valence-electron chi connectivity index (χ1n) is 4.99. The van der Waals surface area contributed by atoms with Crippen LogP contribution in [0, 0.1) is 0 Å². The van der Waals surface area contributed by atoms with E-state index in [9.17, 15) is 18.0 Å². The van der Waals surface area contributed by atoms with E-state index in [1.807, 2.05) is 0 Å². The molecule has 2 rings (SSSR count). The number of halogens is 3. The minimum absolute atomic E-state index is 0.0613. The molecule has 1 aliphatic rings. The second kappa shape index (κ2) is 3.33. The molecule has 1 aliphatic carbocycles. The highest BCUT2D eigenvalue weighted by molar-refractivity contribution is 5.97. The Hall–Kier alpha value is -1.33. The van der Waals surface area contributed by atoms with Gasteiger partial charge in [-0.1, -0.05) is 6.92 Å². The summed E-state index contributed by atoms with van der Waals surface area (Å²) in [5, 5.41) is 3.44. The fourth-order valence-corrected chi connectivity index (χ4v) is 2.16. The number of rotatable bonds is 0. The highest BCUT2D eigenvalue weighted by Gasteiger charge is 2.42. The normalized spacial score (nSPS) is 21.1. The minimum Gasteiger partial charge on any atom is -0.292 e. The van der Waals surface area contributed by atoms with Gasteiger partial charge in [-0.3, -0.25) is 9.48 Å². The van der Waals surface area contributed by atoms with Crippen molar-refractivity contribution in [1.82, 2.24) is 9.78 Å². The zero-order valence-electron chi connectivity index (χ0n) is 8.93. The van der Waals surface area contributed by atoms with Gasteiger partial charge in [0.2, 0.25) is 0 Å². The summed E-state index contributed by atoms with van der Waals surface area (Å²) in [4.78, 5) is 11.6. The van der Waals surface area contributed by atoms with Crippen molar-refractivity contribution in [3.05, 3.63) is 17.0 Å². The van der Waals surface area contributed by atoms with Crippen LogP contribution in [0.3, 0.4) is 0 Å². The largest absolute Gasteiger partial charge is 0.435 e. The van der Waals surface area contributed by atoms with Crippen molar-refractivity contribution in [3.8, 4) is 0 Å². The lowest BCUT2D eigenvalue weighted by molar-refractivity contribution is -0.142. The summed E-state index contributed by atoms with van der Waals surface area (Å²) in [6.07, 6.45) is -3.73. The van der Waals surface area contributed by atoms with Crippen molar-refractivity contribution < 1.29 is 18.0 Å². The molecule has 0 bridgehead atoms. The highest BCUT2D eigenvalue weighted by atomic mass is 19.4. The van der Waals surface area contributed by atoms with E-state index in [0.29, 0.717) is 12.8 Å². The number of nitrogens with zero attached hydrogens (tertiary/aromatic N) is 2. The van der Waals surface area contributed by atoms with Gasteiger partial charge in [-0.05, 0) is 12.3 Å². The summed E-state index contributed by atoms with van der Waals surface area (Å²) < 4.78 is 39.2. The molecule has 3 nitrogen and oxygen atoms in total. The molecule has 1 unspecified atom stereocenters. The lowest BCUT2D eigenvalue weighted by Gasteiger charge is -2.19. The number of aryl methyl sites for hydroxylation is 1. The molecule has 0 fully saturated rings. The molecular weight excluding hydrogens is 221 g/mol. The molecule has 0 saturated carbocycles. The van der Waals surface area contributed by atoms with Crippen LogP contribution in [0.15, 0.2) is 0 Å². The van der Waals surface area contributed by atoms with E-state index in [-0.39, 0.29) is 23.0 Å². The van der Waals surface area contributed by atoms with Crippen molar-refractivity contribution in [1.29, 1.82) is 0 Å². The third kappa shape index (κ3) is 1.52. The van der Waals surface area contributed by atoms with Gasteiger partial charge in [-0.25, -0.2) is 0 Å². The van der Waals surface area contributed by atoms with E-state index in [2.05, 4.69) is 5.10 Å². The Bertz CT molecular complexity index is 448. The van der Waals surface area contributed by atoms with E-state index in [1.165, 1.54) is 7.05 Å². The molecule has 0 aromatic carbocycles. The highest BCUT2D eigenvalue weighted by Crippen LogP contribution is 2.40. The maximum Gasteiger partial charge on any atom is 0.435 e. The number of fused-ring (bicyclic) bond motifs is 1. The predicted molar refractivity (Wildman–Crippen MR) is 50.2 cm³/mol. The van der Waals surface area contributed by atoms with Crippen LogP contribution in [0.5, 0.6) is 0 Å². The maximum atomic E-state index is 12.7. The first kappa shape index (κ1) is 11.2. The van der Waals surface area contributed by atoms with Gasteiger partial charge in [0, 0.05) is 19.0 Å². The van der Waals surface area contributed by atoms with E-state index < -0.39 is 11.9 Å². The number of hydrogen-bond acceptors (Lipinski definition) is 2. The van der Waals surface area contributed by atoms with E-state index in [1.54, 1.807) is 6.92 Å². The first-order valence-corrected chi connectivity index (χ1v) is 4.99. The molecule has 1 aromatic rings. The van der Waals surface area contributed by atoms with Crippen LogP contribution in [0.2, 0.25) is 0 Å². The number of carbonyl (C=O) groups excluding carboxylic acids is 1. The SMILES string of the molecule is CC1CCC(=O)c2c1c(C(F)(F)F)nn2C. The molecule has 1 atom stereocenters. The smallest absolute Gasteiger partial charge is 0.292 e. The molecule has 0 radical (unpaired) electrons. The molecular formula is C10H11F3N2O. The number of hydrogen-bond donors (Lipinski definition) is 0. The van der Waals surface area contributed by atoms with Gasteiger partial charge in [0.1, 0.15) is 5.69 Å². The molecule has 88 valence electrons. The zero-order valence-corrected chi connectivity index (χ0v) is 8.93. The Morgan fingerprint density at radius 1 is 1.44 bits per heavy atom. The van der Waals surface area contributed by atoms with Gasteiger partial charge in [0.15, 0.2) is 11.5 Å². The van der Waals surface area contributed by atoms with Crippen LogP contribution in [-0.2, 0) is 13.2 Å². The third-order valence-electron chi connectivity index (χ3n) is 2.91. The van der Waals surface area contributed by atoms with Crippen LogP contribution < -0.4 is 0 Å². The van der Waals surface area contributed by atoms with Crippen LogP contribution >= 0.6 is 0 Å². The van der Waals surface area contributed by atoms with Crippen LogP contribution in [-0.4, -0.2) is 15.6 Å². The van der Waals surface area contributed by atoms with Crippen LogP contribution in [0.25, 0.3) is 0 Å². The van der Waals surface area contributed by atoms with Gasteiger partial charge >= 0.3 is 6.18 Å². The van der Waals surface area contributed by atoms with E-state index >= 15 is 0 Å². The molecule has 16 heavy (non-hydrogen) atoms. The lowest BCUT2D eigenvalue weighted by Crippen LogP contribution is -2.18. The molecule has 6 heteroatoms. The molecule has 0 N–H and O–H groups in total. The van der Waals surface area contributed by atoms with Gasteiger partial charge in [0.05, 0.1) is 0 Å². The molecule has 0 amide bonds. The van der Waals surface area contributed by atoms with Crippen LogP contribution in [0.4, 0.5) is 13.2 Å². The van der Waals surface area contributed by atoms with Crippen molar-refractivity contribution >= 4 is 5.78 Å². The third-order valence-corrected chi connectivity index (χ3v) is 2.91. The Balaban J connectivity index is 2.67. The minimum atomic E-state index is -4.49. The first-order chi connectivity index (χ1) is 7.32. The van der Waals surface area contributed by atoms with Crippen LogP contribution in [0.1, 0.15) is 47.4 Å². The molecule has 1 heterocycles. The van der Waals surface area contributed by atoms with Gasteiger partial charge in [-0.2, -0.15) is 18.3 Å². The lowest BCUT2D eigenvalue weighted by atomic mass is 9.85. The Labute approximate surface area is 90.2 Å². The second-order valence-electron chi connectivity index (χ2n) is 4.10. The molecule has 1 aromatic heterocycles. The number of alkyl halides is 3. The van der Waals surface area contributed by atoms with E-state index in [0.717, 1.165) is 4.68 Å². The predicted octanol–water partition coefficient (Wildman–Crippen LogP) is 2.52. The summed E-state index contributed by atoms with van der Waals surface area (Å²) in [6.45, 7) is 1.70. The Morgan fingerprint density at radius 2 is 2.06 bits per heavy atom. The summed E-state index contributed by atoms with van der Waals surface area (Å²) in [5.74, 6) is -0.517. The fourth-order valence-electron chi connectivity index (χ4n) is 2.16. The number of ketones is 1. The van der Waals surface area contributed by atoms with E-state index in [4.69, 9.17) is 0 Å². The molecule has 0 saturated heterocycles. The summed E-state index contributed by atoms with van der Waals surface area (Å²) in [5.41, 5.74) is -0.733. The zero-order chi connectivity index (χ0) is 12.1. The summed E-state index contributed by atoms with van der Waals surface area (Å²) >= 11 is 0. The number of Topliss-reactive ketones (excluding diaryl/α,β-unsaturated/α-hetero) is 1. The Morgan fingerprint density at radius 3 is 2.62 bits per heavy atom. The fraction of sp³-hybridized carbons (Fsp3) is 0.600. The van der Waals surface area contributed by atoms with Gasteiger partial charge in [0.25, 0.3) is 0 Å². The quantitative estimate of drug-likeness (QED) is 0.688. The number of aromatic nitrogens is 2.